The molecule has 0 bridgehead atoms. The number of hydrogen-bond donors (Lipinski definition) is 2. The minimum Gasteiger partial charge on any atom is -0.352 e. The Labute approximate surface area is 198 Å². The first kappa shape index (κ1) is 22.7. The van der Waals surface area contributed by atoms with E-state index >= 15 is 0 Å². The fraction of sp³-hybridized carbons (Fsp3) is 0.435. The summed E-state index contributed by atoms with van der Waals surface area (Å²) >= 11 is 12.2. The van der Waals surface area contributed by atoms with Gasteiger partial charge in [0.25, 0.3) is 0 Å². The highest BCUT2D eigenvalue weighted by molar-refractivity contribution is 6.36. The van der Waals surface area contributed by atoms with Crippen molar-refractivity contribution in [3.8, 4) is 0 Å². The minimum atomic E-state index is -0.834. The summed E-state index contributed by atoms with van der Waals surface area (Å²) in [5.41, 5.74) is 0.180. The van der Waals surface area contributed by atoms with Crippen LogP contribution in [0, 0.1) is 0 Å². The van der Waals surface area contributed by atoms with E-state index in [1.165, 1.54) is 0 Å². The quantitative estimate of drug-likeness (QED) is 0.688. The van der Waals surface area contributed by atoms with Crippen LogP contribution in [0.3, 0.4) is 0 Å². The van der Waals surface area contributed by atoms with Gasteiger partial charge in [0.05, 0.1) is 10.0 Å². The fourth-order valence-electron chi connectivity index (χ4n) is 4.47. The Morgan fingerprint density at radius 1 is 1.03 bits per heavy atom. The number of urea groups is 1. The van der Waals surface area contributed by atoms with Gasteiger partial charge in [0, 0.05) is 38.9 Å². The van der Waals surface area contributed by atoms with Crippen LogP contribution in [0.1, 0.15) is 31.2 Å². The Hall–Kier alpha value is -2.51. The molecule has 1 aliphatic heterocycles. The standard InChI is InChI=1S/C23H27Cl2N5O2/c24-18-14-19(25)20(26-16-18)29-10-12-30(13-11-29)21(31)23(8-4-5-9-23)28-22(32)27-15-17-6-2-1-3-7-17/h1-3,6-7,14,16H,4-5,8-13,15H2,(H2,27,28,32). The van der Waals surface area contributed by atoms with Gasteiger partial charge in [0.15, 0.2) is 0 Å². The summed E-state index contributed by atoms with van der Waals surface area (Å²) in [6.07, 6.45) is 4.75. The second-order valence-corrected chi connectivity index (χ2v) is 9.16. The maximum atomic E-state index is 13.5. The number of rotatable bonds is 5. The topological polar surface area (TPSA) is 77.6 Å². The minimum absolute atomic E-state index is 0.000302. The van der Waals surface area contributed by atoms with Crippen LogP contribution in [0.4, 0.5) is 10.6 Å². The number of benzene rings is 1. The highest BCUT2D eigenvalue weighted by Gasteiger charge is 2.45. The van der Waals surface area contributed by atoms with Gasteiger partial charge in [-0.2, -0.15) is 0 Å². The van der Waals surface area contributed by atoms with Gasteiger partial charge in [-0.15, -0.1) is 0 Å². The molecule has 0 spiro atoms. The average molecular weight is 476 g/mol. The maximum Gasteiger partial charge on any atom is 0.315 e. The average Bonchev–Trinajstić information content (AvgIpc) is 3.28. The van der Waals surface area contributed by atoms with Crippen LogP contribution in [-0.4, -0.2) is 53.5 Å². The lowest BCUT2D eigenvalue weighted by molar-refractivity contribution is -0.138. The van der Waals surface area contributed by atoms with Crippen LogP contribution in [0.5, 0.6) is 0 Å². The van der Waals surface area contributed by atoms with Gasteiger partial charge in [-0.1, -0.05) is 66.4 Å². The van der Waals surface area contributed by atoms with Crippen molar-refractivity contribution in [1.29, 1.82) is 0 Å². The largest absolute Gasteiger partial charge is 0.352 e. The molecule has 0 radical (unpaired) electrons. The van der Waals surface area contributed by atoms with E-state index in [1.54, 1.807) is 12.3 Å². The molecular formula is C23H27Cl2N5O2. The number of nitrogens with zero attached hydrogens (tertiary/aromatic N) is 3. The molecule has 2 heterocycles. The first-order chi connectivity index (χ1) is 15.5. The summed E-state index contributed by atoms with van der Waals surface area (Å²) in [4.78, 5) is 34.4. The molecule has 2 aromatic rings. The number of nitrogens with one attached hydrogen (secondary N) is 2. The van der Waals surface area contributed by atoms with E-state index in [2.05, 4.69) is 20.5 Å². The van der Waals surface area contributed by atoms with Crippen molar-refractivity contribution in [3.05, 3.63) is 58.2 Å². The molecule has 1 aromatic heterocycles. The third kappa shape index (κ3) is 5.10. The number of carbonyl (C=O) groups excluding carboxylic acids is 2. The number of aromatic nitrogens is 1. The molecule has 1 aromatic carbocycles. The first-order valence-corrected chi connectivity index (χ1v) is 11.7. The molecule has 0 atom stereocenters. The molecule has 9 heteroatoms. The predicted molar refractivity (Wildman–Crippen MR) is 126 cm³/mol. The van der Waals surface area contributed by atoms with E-state index in [9.17, 15) is 9.59 Å². The van der Waals surface area contributed by atoms with Gasteiger partial charge in [-0.25, -0.2) is 9.78 Å². The van der Waals surface area contributed by atoms with Crippen molar-refractivity contribution in [2.75, 3.05) is 31.1 Å². The zero-order chi connectivity index (χ0) is 22.6. The summed E-state index contributed by atoms with van der Waals surface area (Å²) in [5.74, 6) is 0.678. The third-order valence-electron chi connectivity index (χ3n) is 6.17. The van der Waals surface area contributed by atoms with Gasteiger partial charge < -0.3 is 20.4 Å². The monoisotopic (exact) mass is 475 g/mol. The van der Waals surface area contributed by atoms with Crippen molar-refractivity contribution < 1.29 is 9.59 Å². The normalized spacial score (nSPS) is 17.8. The Morgan fingerprint density at radius 2 is 1.72 bits per heavy atom. The fourth-order valence-corrected chi connectivity index (χ4v) is 4.97. The zero-order valence-electron chi connectivity index (χ0n) is 17.8. The van der Waals surface area contributed by atoms with Crippen LogP contribution in [0.25, 0.3) is 0 Å². The van der Waals surface area contributed by atoms with E-state index in [4.69, 9.17) is 23.2 Å². The van der Waals surface area contributed by atoms with Crippen LogP contribution in [0.2, 0.25) is 10.0 Å². The number of anilines is 1. The Balaban J connectivity index is 1.36. The number of hydrogen-bond acceptors (Lipinski definition) is 4. The van der Waals surface area contributed by atoms with Crippen molar-refractivity contribution >= 4 is 41.0 Å². The highest BCUT2D eigenvalue weighted by Crippen LogP contribution is 2.33. The zero-order valence-corrected chi connectivity index (χ0v) is 19.3. The molecule has 2 fully saturated rings. The predicted octanol–water partition coefficient (Wildman–Crippen LogP) is 3.85. The second-order valence-electron chi connectivity index (χ2n) is 8.32. The number of carbonyl (C=O) groups is 2. The summed E-state index contributed by atoms with van der Waals surface area (Å²) in [7, 11) is 0. The number of piperazine rings is 1. The molecule has 2 N–H and O–H groups in total. The van der Waals surface area contributed by atoms with Gasteiger partial charge in [-0.3, -0.25) is 4.79 Å². The molecule has 32 heavy (non-hydrogen) atoms. The summed E-state index contributed by atoms with van der Waals surface area (Å²) < 4.78 is 0. The maximum absolute atomic E-state index is 13.5. The SMILES string of the molecule is O=C(NCc1ccccc1)NC1(C(=O)N2CCN(c3ncc(Cl)cc3Cl)CC2)CCCC1. The molecule has 4 rings (SSSR count). The van der Waals surface area contributed by atoms with Gasteiger partial charge in [0.1, 0.15) is 11.4 Å². The van der Waals surface area contributed by atoms with Crippen LogP contribution >= 0.6 is 23.2 Å². The van der Waals surface area contributed by atoms with E-state index in [0.29, 0.717) is 61.4 Å². The van der Waals surface area contributed by atoms with Crippen molar-refractivity contribution in [1.82, 2.24) is 20.5 Å². The number of halogens is 2. The van der Waals surface area contributed by atoms with Gasteiger partial charge >= 0.3 is 6.03 Å². The van der Waals surface area contributed by atoms with Crippen LogP contribution in [-0.2, 0) is 11.3 Å². The van der Waals surface area contributed by atoms with Crippen LogP contribution in [0.15, 0.2) is 42.6 Å². The molecule has 1 saturated carbocycles. The summed E-state index contributed by atoms with van der Waals surface area (Å²) in [5, 5.41) is 6.89. The molecule has 1 saturated heterocycles. The number of amides is 3. The first-order valence-electron chi connectivity index (χ1n) is 10.9. The molecule has 170 valence electrons. The molecule has 7 nitrogen and oxygen atoms in total. The van der Waals surface area contributed by atoms with Gasteiger partial charge in [-0.05, 0) is 24.5 Å². The van der Waals surface area contributed by atoms with Crippen LogP contribution < -0.4 is 15.5 Å². The molecule has 3 amide bonds. The van der Waals surface area contributed by atoms with Crippen molar-refractivity contribution in [3.63, 3.8) is 0 Å². The van der Waals surface area contributed by atoms with E-state index in [1.807, 2.05) is 35.2 Å². The van der Waals surface area contributed by atoms with Crippen molar-refractivity contribution in [2.45, 2.75) is 37.8 Å². The smallest absolute Gasteiger partial charge is 0.315 e. The molecule has 0 unspecified atom stereocenters. The van der Waals surface area contributed by atoms with Gasteiger partial charge in [0.2, 0.25) is 5.91 Å². The highest BCUT2D eigenvalue weighted by atomic mass is 35.5. The lowest BCUT2D eigenvalue weighted by Crippen LogP contribution is -2.62. The second kappa shape index (κ2) is 9.96. The lowest BCUT2D eigenvalue weighted by Gasteiger charge is -2.40. The van der Waals surface area contributed by atoms with Crippen molar-refractivity contribution in [2.24, 2.45) is 0 Å². The number of pyridine rings is 1. The lowest BCUT2D eigenvalue weighted by atomic mass is 9.95. The summed E-state index contributed by atoms with van der Waals surface area (Å²) in [6, 6.07) is 11.1. The Bertz CT molecular complexity index is 958. The van der Waals surface area contributed by atoms with E-state index in [-0.39, 0.29) is 11.9 Å². The molecule has 1 aliphatic carbocycles. The third-order valence-corrected chi connectivity index (χ3v) is 6.65. The molecular weight excluding hydrogens is 449 g/mol. The Morgan fingerprint density at radius 3 is 2.38 bits per heavy atom. The van der Waals surface area contributed by atoms with E-state index < -0.39 is 5.54 Å². The van der Waals surface area contributed by atoms with E-state index in [0.717, 1.165) is 18.4 Å². The summed E-state index contributed by atoms with van der Waals surface area (Å²) in [6.45, 7) is 2.76. The molecule has 2 aliphatic rings. The Kier molecular flexibility index (Phi) is 7.06.